The molecule has 3 aliphatic rings. The number of rotatable bonds is 35. The predicted molar refractivity (Wildman–Crippen MR) is 307 cm³/mol. The van der Waals surface area contributed by atoms with Gasteiger partial charge in [-0.05, 0) is 84.5 Å². The highest BCUT2D eigenvalue weighted by Crippen LogP contribution is 2.21. The van der Waals surface area contributed by atoms with E-state index in [1.165, 1.54) is 35.5 Å². The molecule has 0 aromatic heterocycles. The summed E-state index contributed by atoms with van der Waals surface area (Å²) in [7, 11) is 0. The van der Waals surface area contributed by atoms with Gasteiger partial charge in [-0.3, -0.25) is 76.7 Å². The molecule has 3 saturated heterocycles. The van der Waals surface area contributed by atoms with Gasteiger partial charge in [0.15, 0.2) is 0 Å². The third kappa shape index (κ3) is 24.2. The van der Waals surface area contributed by atoms with Crippen LogP contribution in [0.5, 0.6) is 0 Å². The number of likely N-dealkylation sites (tertiary alicyclic amines) is 3. The number of carboxylic acid groups (broad SMARTS) is 1. The molecule has 496 valence electrons. The highest BCUT2D eigenvalue weighted by Gasteiger charge is 2.40. The topological polar surface area (TPSA) is 551 Å². The Balaban J connectivity index is 1.49. The van der Waals surface area contributed by atoms with Crippen molar-refractivity contribution >= 4 is 100 Å². The van der Waals surface area contributed by atoms with Crippen molar-refractivity contribution in [2.24, 2.45) is 23.1 Å². The van der Waals surface area contributed by atoms with E-state index in [0.29, 0.717) is 25.7 Å². The molecule has 10 atom stereocenters. The smallest absolute Gasteiger partial charge is 0.326 e. The van der Waals surface area contributed by atoms with Gasteiger partial charge in [-0.15, -0.1) is 0 Å². The van der Waals surface area contributed by atoms with E-state index in [0.717, 1.165) is 0 Å². The average molecular weight is 1260 g/mol. The number of hydrogen-bond acceptors (Lipinski definition) is 19. The Kier molecular flexibility index (Phi) is 30.2. The van der Waals surface area contributed by atoms with E-state index in [2.05, 4.69) is 58.5 Å². The molecule has 0 aromatic rings. The largest absolute Gasteiger partial charge is 0.480 e. The number of hydrogen-bond donors (Lipinski definition) is 16. The van der Waals surface area contributed by atoms with E-state index in [-0.39, 0.29) is 64.2 Å². The lowest BCUT2D eigenvalue weighted by Crippen LogP contribution is -2.57. The first-order chi connectivity index (χ1) is 41.9. The highest BCUT2D eigenvalue weighted by molar-refractivity contribution is 5.99. The molecule has 36 heteroatoms. The standard InChI is InChI=1S/C53H85N17O19/c1-26(2)19-32(45(80)67-31(53(88)89)13-15-38(56)73)64-42(77)23-59-48(83)35-10-7-17-69(35)51(86)28(4)62-40(75)21-57-44(79)30(12-14-37(55)72)66-46(81)33(25-71)65-43(78)24-60-49(84)36-11-8-18-70(36)52(87)29(5)63-41(76)22-58-47(82)34-9-6-16-68(34)50(85)27(3)61-39(74)20-54/h26-36,71H,6-25,54H2,1-5H3,(H2,55,72)(H2,56,73)(H,57,79)(H,58,82)(H,59,83)(H,60,84)(H,61,74)(H,62,75)(H,63,76)(H,64,77)(H,65,78)(H,66,81)(H,67,80)(H,88,89)/t27-,28-,29-,30-,31-,32-,33-,34-,35-,36-/m0/s1. The lowest BCUT2D eigenvalue weighted by Gasteiger charge is -2.28. The zero-order chi connectivity index (χ0) is 66.8. The first-order valence-corrected chi connectivity index (χ1v) is 29.1. The van der Waals surface area contributed by atoms with Gasteiger partial charge in [-0.2, -0.15) is 0 Å². The Morgan fingerprint density at radius 3 is 1.13 bits per heavy atom. The molecule has 3 rings (SSSR count). The summed E-state index contributed by atoms with van der Waals surface area (Å²) in [6.07, 6.45) is 0.420. The molecule has 89 heavy (non-hydrogen) atoms. The average Bonchev–Trinajstić information content (AvgIpc) is 4.33. The summed E-state index contributed by atoms with van der Waals surface area (Å²) in [5.41, 5.74) is 15.7. The van der Waals surface area contributed by atoms with Gasteiger partial charge in [0.2, 0.25) is 94.5 Å². The van der Waals surface area contributed by atoms with Crippen molar-refractivity contribution in [2.45, 2.75) is 166 Å². The van der Waals surface area contributed by atoms with Crippen molar-refractivity contribution in [1.29, 1.82) is 0 Å². The number of nitrogens with one attached hydrogen (secondary N) is 11. The number of aliphatic hydroxyl groups excluding tert-OH is 1. The Morgan fingerprint density at radius 2 is 0.775 bits per heavy atom. The van der Waals surface area contributed by atoms with Crippen LogP contribution in [0, 0.1) is 5.92 Å². The van der Waals surface area contributed by atoms with Crippen LogP contribution in [0.3, 0.4) is 0 Å². The molecule has 16 amide bonds. The highest BCUT2D eigenvalue weighted by atomic mass is 16.4. The lowest BCUT2D eigenvalue weighted by atomic mass is 10.0. The van der Waals surface area contributed by atoms with Gasteiger partial charge in [0.25, 0.3) is 0 Å². The molecule has 0 aliphatic carbocycles. The van der Waals surface area contributed by atoms with Crippen molar-refractivity contribution in [1.82, 2.24) is 73.2 Å². The van der Waals surface area contributed by atoms with Crippen LogP contribution < -0.4 is 75.7 Å². The van der Waals surface area contributed by atoms with E-state index in [4.69, 9.17) is 17.2 Å². The maximum atomic E-state index is 13.5. The van der Waals surface area contributed by atoms with Gasteiger partial charge in [0, 0.05) is 32.5 Å². The van der Waals surface area contributed by atoms with Crippen molar-refractivity contribution in [2.75, 3.05) is 59.0 Å². The first-order valence-electron chi connectivity index (χ1n) is 29.1. The first kappa shape index (κ1) is 74.2. The van der Waals surface area contributed by atoms with Crippen LogP contribution in [0.2, 0.25) is 0 Å². The SMILES string of the molecule is CC(C)C[C@H](NC(=O)CNC(=O)[C@@H]1CCCN1C(=O)[C@H](C)NC(=O)CNC(=O)[C@H](CCC(N)=O)NC(=O)[C@H](CO)NC(=O)CNC(=O)[C@@H]1CCCN1C(=O)[C@H](C)NC(=O)CNC(=O)[C@@H]1CCCN1C(=O)[C@H](C)NC(=O)CN)C(=O)N[C@@H](CCC(N)=O)C(=O)O. The number of primary amides is 2. The number of aliphatic carboxylic acids is 1. The molecule has 0 spiro atoms. The molecule has 36 nitrogen and oxygen atoms in total. The van der Waals surface area contributed by atoms with Crippen LogP contribution in [0.1, 0.15) is 105 Å². The Labute approximate surface area is 511 Å². The second kappa shape index (κ2) is 36.3. The number of amides is 16. The van der Waals surface area contributed by atoms with Crippen LogP contribution in [0.15, 0.2) is 0 Å². The molecule has 0 radical (unpaired) electrons. The van der Waals surface area contributed by atoms with Crippen LogP contribution >= 0.6 is 0 Å². The zero-order valence-corrected chi connectivity index (χ0v) is 50.4. The fourth-order valence-electron chi connectivity index (χ4n) is 9.90. The summed E-state index contributed by atoms with van der Waals surface area (Å²) >= 11 is 0. The number of aliphatic hydroxyl groups is 1. The summed E-state index contributed by atoms with van der Waals surface area (Å²) in [4.78, 5) is 221. The van der Waals surface area contributed by atoms with Crippen molar-refractivity contribution in [3.8, 4) is 0 Å². The number of carbonyl (C=O) groups excluding carboxylic acids is 16. The van der Waals surface area contributed by atoms with Gasteiger partial charge in [-0.1, -0.05) is 13.8 Å². The van der Waals surface area contributed by atoms with E-state index >= 15 is 0 Å². The van der Waals surface area contributed by atoms with Crippen molar-refractivity contribution < 1.29 is 91.7 Å². The van der Waals surface area contributed by atoms with Crippen molar-refractivity contribution in [3.63, 3.8) is 0 Å². The normalized spacial score (nSPS) is 18.4. The van der Waals surface area contributed by atoms with Gasteiger partial charge >= 0.3 is 5.97 Å². The fraction of sp³-hybridized carbons (Fsp3) is 0.679. The van der Waals surface area contributed by atoms with Crippen LogP contribution in [0.25, 0.3) is 0 Å². The van der Waals surface area contributed by atoms with Crippen LogP contribution in [0.4, 0.5) is 0 Å². The Bertz CT molecular complexity index is 2660. The molecule has 3 aliphatic heterocycles. The predicted octanol–water partition coefficient (Wildman–Crippen LogP) is -9.51. The molecule has 0 bridgehead atoms. The number of carbonyl (C=O) groups is 17. The summed E-state index contributed by atoms with van der Waals surface area (Å²) in [5, 5.41) is 45.5. The maximum absolute atomic E-state index is 13.5. The molecule has 19 N–H and O–H groups in total. The summed E-state index contributed by atoms with van der Waals surface area (Å²) in [6, 6.07) is -12.5. The van der Waals surface area contributed by atoms with Gasteiger partial charge in [0.1, 0.15) is 60.4 Å². The minimum Gasteiger partial charge on any atom is -0.480 e. The van der Waals surface area contributed by atoms with Crippen LogP contribution in [-0.2, 0) is 81.5 Å². The third-order valence-electron chi connectivity index (χ3n) is 14.4. The van der Waals surface area contributed by atoms with Gasteiger partial charge in [0.05, 0.1) is 39.3 Å². The van der Waals surface area contributed by atoms with Crippen LogP contribution in [-0.4, -0.2) is 245 Å². The number of nitrogens with two attached hydrogens (primary N) is 3. The van der Waals surface area contributed by atoms with E-state index in [9.17, 15) is 91.7 Å². The van der Waals surface area contributed by atoms with E-state index < -0.39 is 207 Å². The Hall–Kier alpha value is -9.09. The second-order valence-electron chi connectivity index (χ2n) is 22.0. The minimum atomic E-state index is -1.74. The fourth-order valence-corrected chi connectivity index (χ4v) is 9.90. The zero-order valence-electron chi connectivity index (χ0n) is 50.4. The summed E-state index contributed by atoms with van der Waals surface area (Å²) in [6.45, 7) is 3.89. The lowest BCUT2D eigenvalue weighted by molar-refractivity contribution is -0.142. The maximum Gasteiger partial charge on any atom is 0.326 e. The molecule has 0 aromatic carbocycles. The molecular formula is C53H85N17O19. The second-order valence-corrected chi connectivity index (χ2v) is 22.0. The van der Waals surface area contributed by atoms with E-state index in [1.807, 2.05) is 0 Å². The summed E-state index contributed by atoms with van der Waals surface area (Å²) < 4.78 is 0. The molecular weight excluding hydrogens is 1180 g/mol. The monoisotopic (exact) mass is 1260 g/mol. The van der Waals surface area contributed by atoms with Crippen molar-refractivity contribution in [3.05, 3.63) is 0 Å². The number of carboxylic acids is 1. The summed E-state index contributed by atoms with van der Waals surface area (Å²) in [5.74, 6) is -14.4. The molecule has 0 unspecified atom stereocenters. The quantitative estimate of drug-likeness (QED) is 0.0280. The third-order valence-corrected chi connectivity index (χ3v) is 14.4. The van der Waals surface area contributed by atoms with Gasteiger partial charge in [-0.25, -0.2) is 4.79 Å². The Morgan fingerprint density at radius 1 is 0.438 bits per heavy atom. The molecule has 0 saturated carbocycles. The minimum absolute atomic E-state index is 0.0756. The van der Waals surface area contributed by atoms with Gasteiger partial charge < -0.3 is 101 Å². The van der Waals surface area contributed by atoms with E-state index in [1.54, 1.807) is 13.8 Å². The molecule has 3 heterocycles. The number of nitrogens with zero attached hydrogens (tertiary/aromatic N) is 3. The molecule has 3 fully saturated rings.